The summed E-state index contributed by atoms with van der Waals surface area (Å²) in [4.78, 5) is 3.63. The topological polar surface area (TPSA) is 27.8 Å². The van der Waals surface area contributed by atoms with Gasteiger partial charge in [-0.05, 0) is 49.1 Å². The van der Waals surface area contributed by atoms with Gasteiger partial charge >= 0.3 is 0 Å². The number of nitrogens with one attached hydrogen (secondary N) is 2. The molecule has 0 aliphatic heterocycles. The Labute approximate surface area is 139 Å². The minimum absolute atomic E-state index is 0.357. The predicted molar refractivity (Wildman–Crippen MR) is 95.1 cm³/mol. The third-order valence-electron chi connectivity index (χ3n) is 4.68. The van der Waals surface area contributed by atoms with Crippen molar-refractivity contribution in [3.8, 4) is 0 Å². The smallest absolute Gasteiger partial charge is 0.0483 e. The van der Waals surface area contributed by atoms with Crippen molar-refractivity contribution in [1.29, 1.82) is 0 Å². The van der Waals surface area contributed by atoms with Gasteiger partial charge in [-0.15, -0.1) is 0 Å². The zero-order chi connectivity index (χ0) is 15.1. The molecule has 1 aliphatic rings. The quantitative estimate of drug-likeness (QED) is 0.658. The molecule has 0 fully saturated rings. The first-order valence-electron chi connectivity index (χ1n) is 7.83. The third kappa shape index (κ3) is 2.38. The van der Waals surface area contributed by atoms with E-state index in [1.54, 1.807) is 0 Å². The van der Waals surface area contributed by atoms with Crippen LogP contribution in [-0.2, 0) is 6.42 Å². The molecule has 1 heterocycles. The zero-order valence-electron chi connectivity index (χ0n) is 12.6. The van der Waals surface area contributed by atoms with Crippen molar-refractivity contribution in [2.75, 3.05) is 0 Å². The first-order chi connectivity index (χ1) is 10.7. The Hall–Kier alpha value is -1.58. The molecule has 3 aromatic rings. The second kappa shape index (κ2) is 5.56. The lowest BCUT2D eigenvalue weighted by Crippen LogP contribution is -2.23. The number of halogens is 1. The predicted octanol–water partition coefficient (Wildman–Crippen LogP) is 5.27. The summed E-state index contributed by atoms with van der Waals surface area (Å²) in [7, 11) is 0. The number of benzene rings is 2. The molecule has 0 radical (unpaired) electrons. The van der Waals surface area contributed by atoms with E-state index in [0.717, 1.165) is 10.9 Å². The fourth-order valence-corrected chi connectivity index (χ4v) is 3.91. The van der Waals surface area contributed by atoms with Gasteiger partial charge in [-0.2, -0.15) is 0 Å². The van der Waals surface area contributed by atoms with Crippen LogP contribution in [-0.4, -0.2) is 4.98 Å². The molecule has 0 saturated carbocycles. The highest BCUT2D eigenvalue weighted by atomic mass is 79.9. The maximum Gasteiger partial charge on any atom is 0.0483 e. The molecular weight excluding hydrogens is 336 g/mol. The van der Waals surface area contributed by atoms with E-state index in [2.05, 4.69) is 81.7 Å². The summed E-state index contributed by atoms with van der Waals surface area (Å²) in [5.41, 5.74) is 5.44. The average molecular weight is 355 g/mol. The third-order valence-corrected chi connectivity index (χ3v) is 5.18. The van der Waals surface area contributed by atoms with E-state index in [9.17, 15) is 0 Å². The van der Waals surface area contributed by atoms with Gasteiger partial charge in [0.1, 0.15) is 0 Å². The summed E-state index contributed by atoms with van der Waals surface area (Å²) in [5.74, 6) is 0. The second-order valence-corrected chi connectivity index (χ2v) is 7.01. The number of H-pyrrole nitrogens is 1. The molecular formula is C19H19BrN2. The lowest BCUT2D eigenvalue weighted by Gasteiger charge is -2.20. The summed E-state index contributed by atoms with van der Waals surface area (Å²) < 4.78 is 1.15. The Morgan fingerprint density at radius 1 is 1.18 bits per heavy atom. The van der Waals surface area contributed by atoms with Gasteiger partial charge in [0.15, 0.2) is 0 Å². The number of aryl methyl sites for hydroxylation is 1. The number of hydrogen-bond donors (Lipinski definition) is 2. The maximum absolute atomic E-state index is 3.78. The largest absolute Gasteiger partial charge is 0.357 e. The fraction of sp³-hybridized carbons (Fsp3) is 0.263. The summed E-state index contributed by atoms with van der Waals surface area (Å²) in [6.45, 7) is 2.24. The molecule has 0 saturated heterocycles. The van der Waals surface area contributed by atoms with Gasteiger partial charge in [0, 0.05) is 33.2 Å². The minimum Gasteiger partial charge on any atom is -0.357 e. The van der Waals surface area contributed by atoms with E-state index in [-0.39, 0.29) is 0 Å². The van der Waals surface area contributed by atoms with E-state index < -0.39 is 0 Å². The second-order valence-electron chi connectivity index (χ2n) is 6.10. The van der Waals surface area contributed by atoms with Crippen LogP contribution in [0.5, 0.6) is 0 Å². The van der Waals surface area contributed by atoms with Crippen molar-refractivity contribution in [3.05, 3.63) is 69.8 Å². The molecule has 0 amide bonds. The number of aromatic amines is 1. The lowest BCUT2D eigenvalue weighted by molar-refractivity contribution is 0.459. The Kier molecular flexibility index (Phi) is 3.55. The summed E-state index contributed by atoms with van der Waals surface area (Å²) in [6, 6.07) is 17.9. The molecule has 2 aromatic carbocycles. The Morgan fingerprint density at radius 3 is 2.82 bits per heavy atom. The zero-order valence-corrected chi connectivity index (χ0v) is 14.2. The molecule has 3 heteroatoms. The van der Waals surface area contributed by atoms with Crippen LogP contribution in [0.3, 0.4) is 0 Å². The Morgan fingerprint density at radius 2 is 2.00 bits per heavy atom. The molecule has 2 nitrogen and oxygen atoms in total. The van der Waals surface area contributed by atoms with Crippen LogP contribution >= 0.6 is 15.9 Å². The monoisotopic (exact) mass is 354 g/mol. The average Bonchev–Trinajstić information content (AvgIpc) is 3.08. The highest BCUT2D eigenvalue weighted by molar-refractivity contribution is 9.10. The summed E-state index contributed by atoms with van der Waals surface area (Å²) >= 11 is 3.58. The van der Waals surface area contributed by atoms with Crippen molar-refractivity contribution >= 4 is 26.8 Å². The first-order valence-corrected chi connectivity index (χ1v) is 8.62. The van der Waals surface area contributed by atoms with Crippen LogP contribution in [0, 0.1) is 0 Å². The molecule has 1 aliphatic carbocycles. The van der Waals surface area contributed by atoms with Crippen molar-refractivity contribution in [3.63, 3.8) is 0 Å². The highest BCUT2D eigenvalue weighted by Gasteiger charge is 2.27. The summed E-state index contributed by atoms with van der Waals surface area (Å²) in [6.07, 6.45) is 2.31. The summed E-state index contributed by atoms with van der Waals surface area (Å²) in [5, 5.41) is 5.15. The van der Waals surface area contributed by atoms with Gasteiger partial charge in [-0.25, -0.2) is 0 Å². The van der Waals surface area contributed by atoms with Crippen LogP contribution in [0.2, 0.25) is 0 Å². The van der Waals surface area contributed by atoms with Gasteiger partial charge in [0.25, 0.3) is 0 Å². The minimum atomic E-state index is 0.357. The van der Waals surface area contributed by atoms with Crippen LogP contribution < -0.4 is 5.32 Å². The Balaban J connectivity index is 1.63. The van der Waals surface area contributed by atoms with E-state index in [1.807, 2.05) is 0 Å². The molecule has 2 atom stereocenters. The number of rotatable bonds is 3. The van der Waals surface area contributed by atoms with Crippen molar-refractivity contribution < 1.29 is 0 Å². The molecule has 0 spiro atoms. The number of fused-ring (bicyclic) bond motifs is 3. The van der Waals surface area contributed by atoms with Gasteiger partial charge in [0.05, 0.1) is 0 Å². The number of hydrogen-bond acceptors (Lipinski definition) is 1. The van der Waals surface area contributed by atoms with Crippen LogP contribution in [0.15, 0.2) is 53.0 Å². The standard InChI is InChI=1S/C19H19BrN2/c1-12(13-5-3-2-4-6-13)21-18-10-8-15-16-11-14(20)7-9-17(16)22-19(15)18/h2-7,9,11-12,18,21-22H,8,10H2,1H3/t12-,18+/m1/s1. The molecule has 4 rings (SSSR count). The van der Waals surface area contributed by atoms with Crippen molar-refractivity contribution in [1.82, 2.24) is 10.3 Å². The van der Waals surface area contributed by atoms with Crippen molar-refractivity contribution in [2.24, 2.45) is 0 Å². The van der Waals surface area contributed by atoms with Gasteiger partial charge in [0.2, 0.25) is 0 Å². The maximum atomic E-state index is 3.78. The SMILES string of the molecule is C[C@@H](N[C@H]1CCc2c1[nH]c1ccc(Br)cc21)c1ccccc1. The van der Waals surface area contributed by atoms with Crippen LogP contribution in [0.25, 0.3) is 10.9 Å². The first kappa shape index (κ1) is 14.0. The molecule has 2 N–H and O–H groups in total. The highest BCUT2D eigenvalue weighted by Crippen LogP contribution is 2.38. The molecule has 0 unspecified atom stereocenters. The Bertz CT molecular complexity index is 807. The molecule has 0 bridgehead atoms. The van der Waals surface area contributed by atoms with Crippen LogP contribution in [0.4, 0.5) is 0 Å². The van der Waals surface area contributed by atoms with E-state index in [4.69, 9.17) is 0 Å². The molecule has 22 heavy (non-hydrogen) atoms. The van der Waals surface area contributed by atoms with E-state index in [1.165, 1.54) is 34.1 Å². The molecule has 1 aromatic heterocycles. The van der Waals surface area contributed by atoms with Gasteiger partial charge in [-0.3, -0.25) is 0 Å². The van der Waals surface area contributed by atoms with Gasteiger partial charge < -0.3 is 10.3 Å². The fourth-order valence-electron chi connectivity index (χ4n) is 3.55. The normalized spacial score (nSPS) is 18.5. The van der Waals surface area contributed by atoms with E-state index >= 15 is 0 Å². The van der Waals surface area contributed by atoms with E-state index in [0.29, 0.717) is 12.1 Å². The molecule has 112 valence electrons. The van der Waals surface area contributed by atoms with Crippen molar-refractivity contribution in [2.45, 2.75) is 31.8 Å². The van der Waals surface area contributed by atoms with Gasteiger partial charge in [-0.1, -0.05) is 46.3 Å². The van der Waals surface area contributed by atoms with Crippen LogP contribution in [0.1, 0.15) is 42.2 Å². The lowest BCUT2D eigenvalue weighted by atomic mass is 10.1. The number of aromatic nitrogens is 1.